The molecule has 1 aromatic heterocycles. The normalized spacial score (nSPS) is 25.8. The Morgan fingerprint density at radius 1 is 1.32 bits per heavy atom. The summed E-state index contributed by atoms with van der Waals surface area (Å²) in [6.45, 7) is 5.05. The molecule has 2 aliphatic heterocycles. The van der Waals surface area contributed by atoms with E-state index in [0.717, 1.165) is 24.9 Å². The zero-order valence-electron chi connectivity index (χ0n) is 17.7. The van der Waals surface area contributed by atoms with E-state index >= 15 is 0 Å². The standard InChI is InChI=1S/C19H27F3N2O6Si/c1-11(2)31(6-4-5-7-31)30-13-8-15(24-9-12(3)16(25)23-18(24)27)29-14(13)10-28-17(26)19(20,21)22/h9,11,13-15H,4-8,10H2,1-3H3,(H,23,25,27)/t13?,14-,15-/m0/s1. The van der Waals surface area contributed by atoms with Gasteiger partial charge in [0.1, 0.15) is 18.9 Å². The second-order valence-electron chi connectivity index (χ2n) is 8.52. The second-order valence-corrected chi connectivity index (χ2v) is 13.0. The lowest BCUT2D eigenvalue weighted by Crippen LogP contribution is -2.45. The van der Waals surface area contributed by atoms with Crippen molar-refractivity contribution in [1.82, 2.24) is 9.55 Å². The fourth-order valence-corrected chi connectivity index (χ4v) is 8.75. The summed E-state index contributed by atoms with van der Waals surface area (Å²) in [6.07, 6.45) is -3.94. The molecule has 174 valence electrons. The highest BCUT2D eigenvalue weighted by Crippen LogP contribution is 2.43. The molecule has 3 atom stereocenters. The molecule has 2 saturated heterocycles. The average Bonchev–Trinajstić information content (AvgIpc) is 3.30. The van der Waals surface area contributed by atoms with Gasteiger partial charge in [-0.05, 0) is 24.6 Å². The van der Waals surface area contributed by atoms with Gasteiger partial charge in [0.25, 0.3) is 5.56 Å². The van der Waals surface area contributed by atoms with Crippen molar-refractivity contribution in [2.75, 3.05) is 6.61 Å². The summed E-state index contributed by atoms with van der Waals surface area (Å²) in [5, 5.41) is 0. The maximum absolute atomic E-state index is 12.6. The summed E-state index contributed by atoms with van der Waals surface area (Å²) < 4.78 is 55.7. The van der Waals surface area contributed by atoms with Crippen molar-refractivity contribution in [1.29, 1.82) is 0 Å². The van der Waals surface area contributed by atoms with Crippen LogP contribution in [0.1, 0.15) is 44.9 Å². The molecule has 0 spiro atoms. The van der Waals surface area contributed by atoms with Gasteiger partial charge >= 0.3 is 17.8 Å². The quantitative estimate of drug-likeness (QED) is 0.513. The SMILES string of the molecule is Cc1cn([C@@H]2CC(O[Si]3(C(C)C)CCCC3)[C@H](COC(=O)C(F)(F)F)O2)c(=O)[nH]c1=O. The highest BCUT2D eigenvalue weighted by molar-refractivity contribution is 6.75. The maximum Gasteiger partial charge on any atom is 0.490 e. The monoisotopic (exact) mass is 464 g/mol. The highest BCUT2D eigenvalue weighted by Gasteiger charge is 2.49. The van der Waals surface area contributed by atoms with Crippen LogP contribution in [0.4, 0.5) is 13.2 Å². The summed E-state index contributed by atoms with van der Waals surface area (Å²) >= 11 is 0. The van der Waals surface area contributed by atoms with Crippen molar-refractivity contribution < 1.29 is 31.9 Å². The number of nitrogens with zero attached hydrogens (tertiary/aromatic N) is 1. The van der Waals surface area contributed by atoms with Gasteiger partial charge in [0.05, 0.1) is 6.10 Å². The first-order valence-electron chi connectivity index (χ1n) is 10.3. The van der Waals surface area contributed by atoms with E-state index in [1.54, 1.807) is 0 Å². The Kier molecular flexibility index (Phi) is 6.82. The molecule has 31 heavy (non-hydrogen) atoms. The van der Waals surface area contributed by atoms with E-state index in [-0.39, 0.29) is 12.0 Å². The van der Waals surface area contributed by atoms with Gasteiger partial charge in [0.15, 0.2) is 8.32 Å². The smallest absolute Gasteiger partial charge is 0.456 e. The van der Waals surface area contributed by atoms with Crippen molar-refractivity contribution in [3.63, 3.8) is 0 Å². The maximum atomic E-state index is 12.6. The number of halogens is 3. The van der Waals surface area contributed by atoms with Gasteiger partial charge in [-0.2, -0.15) is 13.2 Å². The minimum Gasteiger partial charge on any atom is -0.456 e. The Morgan fingerprint density at radius 2 is 1.97 bits per heavy atom. The van der Waals surface area contributed by atoms with Crippen molar-refractivity contribution in [3.05, 3.63) is 32.6 Å². The van der Waals surface area contributed by atoms with Crippen molar-refractivity contribution in [2.24, 2.45) is 0 Å². The molecule has 0 aromatic carbocycles. The van der Waals surface area contributed by atoms with E-state index in [1.807, 2.05) is 0 Å². The Morgan fingerprint density at radius 3 is 2.55 bits per heavy atom. The minimum absolute atomic E-state index is 0.196. The average molecular weight is 465 g/mol. The third-order valence-corrected chi connectivity index (χ3v) is 11.4. The molecule has 0 saturated carbocycles. The van der Waals surface area contributed by atoms with Crippen LogP contribution in [-0.4, -0.2) is 48.8 Å². The van der Waals surface area contributed by atoms with Crippen LogP contribution in [0.5, 0.6) is 0 Å². The lowest BCUT2D eigenvalue weighted by molar-refractivity contribution is -0.203. The molecule has 1 N–H and O–H groups in total. The van der Waals surface area contributed by atoms with E-state index in [2.05, 4.69) is 23.6 Å². The van der Waals surface area contributed by atoms with Gasteiger partial charge < -0.3 is 13.9 Å². The van der Waals surface area contributed by atoms with Gasteiger partial charge in [0, 0.05) is 18.2 Å². The van der Waals surface area contributed by atoms with Crippen LogP contribution < -0.4 is 11.2 Å². The molecule has 1 aromatic rings. The third kappa shape index (κ3) is 5.12. The number of esters is 1. The number of H-pyrrole nitrogens is 1. The van der Waals surface area contributed by atoms with Gasteiger partial charge in [0.2, 0.25) is 0 Å². The molecule has 0 aliphatic carbocycles. The van der Waals surface area contributed by atoms with E-state index < -0.39 is 56.8 Å². The van der Waals surface area contributed by atoms with Crippen molar-refractivity contribution in [2.45, 2.75) is 82.3 Å². The van der Waals surface area contributed by atoms with Crippen LogP contribution in [0, 0.1) is 6.92 Å². The highest BCUT2D eigenvalue weighted by atomic mass is 28.4. The number of hydrogen-bond acceptors (Lipinski definition) is 6. The number of carbonyl (C=O) groups excluding carboxylic acids is 1. The predicted molar refractivity (Wildman–Crippen MR) is 106 cm³/mol. The number of alkyl halides is 3. The van der Waals surface area contributed by atoms with Gasteiger partial charge in [-0.15, -0.1) is 0 Å². The number of aromatic nitrogens is 2. The van der Waals surface area contributed by atoms with E-state index in [4.69, 9.17) is 9.16 Å². The third-order valence-electron chi connectivity index (χ3n) is 6.13. The minimum atomic E-state index is -5.11. The molecule has 1 unspecified atom stereocenters. The summed E-state index contributed by atoms with van der Waals surface area (Å²) in [5.74, 6) is -2.30. The first kappa shape index (κ1) is 23.7. The summed E-state index contributed by atoms with van der Waals surface area (Å²) in [4.78, 5) is 37.3. The number of rotatable bonds is 6. The lowest BCUT2D eigenvalue weighted by atomic mass is 10.2. The van der Waals surface area contributed by atoms with Gasteiger partial charge in [-0.25, -0.2) is 9.59 Å². The number of aromatic amines is 1. The topological polar surface area (TPSA) is 99.6 Å². The summed E-state index contributed by atoms with van der Waals surface area (Å²) in [5.41, 5.74) is -0.634. The molecule has 0 amide bonds. The first-order chi connectivity index (χ1) is 14.4. The fourth-order valence-electron chi connectivity index (χ4n) is 4.29. The second kappa shape index (κ2) is 8.91. The molecule has 12 heteroatoms. The van der Waals surface area contributed by atoms with Crippen LogP contribution >= 0.6 is 0 Å². The van der Waals surface area contributed by atoms with Crippen molar-refractivity contribution >= 4 is 14.3 Å². The number of carbonyl (C=O) groups is 1. The first-order valence-corrected chi connectivity index (χ1v) is 12.7. The van der Waals surface area contributed by atoms with Crippen LogP contribution in [0.25, 0.3) is 0 Å². The van der Waals surface area contributed by atoms with Gasteiger partial charge in [-0.1, -0.05) is 26.7 Å². The van der Waals surface area contributed by atoms with E-state index in [1.165, 1.54) is 17.7 Å². The number of hydrogen-bond donors (Lipinski definition) is 1. The molecule has 3 heterocycles. The largest absolute Gasteiger partial charge is 0.490 e. The fraction of sp³-hybridized carbons (Fsp3) is 0.737. The zero-order valence-corrected chi connectivity index (χ0v) is 18.7. The molecular formula is C19H27F3N2O6Si. The summed E-state index contributed by atoms with van der Waals surface area (Å²) in [6, 6.07) is 1.89. The van der Waals surface area contributed by atoms with E-state index in [9.17, 15) is 27.6 Å². The Balaban J connectivity index is 1.84. The molecule has 2 aliphatic rings. The number of aryl methyl sites for hydroxylation is 1. The summed E-state index contributed by atoms with van der Waals surface area (Å²) in [7, 11) is -2.16. The predicted octanol–water partition coefficient (Wildman–Crippen LogP) is 2.77. The molecule has 8 nitrogen and oxygen atoms in total. The van der Waals surface area contributed by atoms with Crippen LogP contribution in [-0.2, 0) is 18.7 Å². The Bertz CT molecular complexity index is 922. The van der Waals surface area contributed by atoms with Gasteiger partial charge in [-0.3, -0.25) is 14.3 Å². The zero-order chi connectivity index (χ0) is 23.0. The van der Waals surface area contributed by atoms with Crippen LogP contribution in [0.3, 0.4) is 0 Å². The van der Waals surface area contributed by atoms with E-state index in [0.29, 0.717) is 5.54 Å². The lowest BCUT2D eigenvalue weighted by Gasteiger charge is -2.35. The van der Waals surface area contributed by atoms with Crippen LogP contribution in [0.15, 0.2) is 15.8 Å². The Labute approximate surface area is 177 Å². The molecule has 0 radical (unpaired) electrons. The molecular weight excluding hydrogens is 437 g/mol. The molecule has 0 bridgehead atoms. The van der Waals surface area contributed by atoms with Crippen molar-refractivity contribution in [3.8, 4) is 0 Å². The Hall–Kier alpha value is -1.92. The molecule has 2 fully saturated rings. The molecule has 3 rings (SSSR count). The number of nitrogens with one attached hydrogen (secondary N) is 1. The number of ether oxygens (including phenoxy) is 2. The van der Waals surface area contributed by atoms with Crippen LogP contribution in [0.2, 0.25) is 17.6 Å².